The fraction of sp³-hybridized carbons (Fsp3) is 0.381. The number of pyridine rings is 1. The van der Waals surface area contributed by atoms with Gasteiger partial charge in [0.25, 0.3) is 11.8 Å². The second-order valence-corrected chi connectivity index (χ2v) is 8.25. The van der Waals surface area contributed by atoms with Gasteiger partial charge < -0.3 is 19.9 Å². The van der Waals surface area contributed by atoms with E-state index in [1.807, 2.05) is 0 Å². The number of carbonyl (C=O) groups excluding carboxylic acids is 2. The third kappa shape index (κ3) is 2.84. The lowest BCUT2D eigenvalue weighted by Crippen LogP contribution is -2.52. The topological polar surface area (TPSA) is 91.6 Å². The molecule has 5 rings (SSSR count). The van der Waals surface area contributed by atoms with Gasteiger partial charge in [-0.3, -0.25) is 14.4 Å². The average molecular weight is 433 g/mol. The van der Waals surface area contributed by atoms with Crippen LogP contribution in [0.5, 0.6) is 5.75 Å². The van der Waals surface area contributed by atoms with Crippen molar-refractivity contribution in [3.8, 4) is 5.75 Å². The summed E-state index contributed by atoms with van der Waals surface area (Å²) in [6.45, 7) is -0.142. The summed E-state index contributed by atoms with van der Waals surface area (Å²) in [5, 5.41) is 12.7. The molecule has 2 aromatic rings. The standard InChI is InChI=1S/C21H18F3N3O4/c22-13-4-2-10(15(23)16(13)24)6-25-20(30)12-7-26-8-14-9-1-3-11(5-9)27(14)21(31)17(26)19(29)18(12)28/h2,4,7,9,11,14,29H,1,3,5-6,8H2,(H,25,30)/t9-,11?,14+/m1/s1. The highest BCUT2D eigenvalue weighted by atomic mass is 19.2. The van der Waals surface area contributed by atoms with E-state index in [2.05, 4.69) is 5.32 Å². The molecule has 0 radical (unpaired) electrons. The van der Waals surface area contributed by atoms with Crippen LogP contribution in [0.25, 0.3) is 0 Å². The highest BCUT2D eigenvalue weighted by Crippen LogP contribution is 2.45. The van der Waals surface area contributed by atoms with E-state index in [1.165, 1.54) is 10.8 Å². The number of fused-ring (bicyclic) bond motifs is 6. The molecule has 1 aromatic heterocycles. The maximum absolute atomic E-state index is 13.8. The minimum Gasteiger partial charge on any atom is -0.503 e. The Morgan fingerprint density at radius 3 is 2.71 bits per heavy atom. The van der Waals surface area contributed by atoms with Crippen molar-refractivity contribution >= 4 is 11.8 Å². The van der Waals surface area contributed by atoms with Crippen molar-refractivity contribution in [1.29, 1.82) is 0 Å². The molecule has 0 spiro atoms. The van der Waals surface area contributed by atoms with Gasteiger partial charge in [0.05, 0.1) is 6.04 Å². The van der Waals surface area contributed by atoms with Crippen molar-refractivity contribution < 1.29 is 27.9 Å². The van der Waals surface area contributed by atoms with Crippen molar-refractivity contribution in [2.24, 2.45) is 5.92 Å². The van der Waals surface area contributed by atoms with E-state index in [0.29, 0.717) is 12.5 Å². The van der Waals surface area contributed by atoms with Gasteiger partial charge in [0, 0.05) is 30.9 Å². The number of nitrogens with one attached hydrogen (secondary N) is 1. The number of halogens is 3. The number of carbonyl (C=O) groups is 2. The molecule has 3 aliphatic rings. The van der Waals surface area contributed by atoms with E-state index in [1.54, 1.807) is 4.90 Å². The lowest BCUT2D eigenvalue weighted by Gasteiger charge is -2.40. The van der Waals surface area contributed by atoms with Gasteiger partial charge in [0.15, 0.2) is 28.9 Å². The number of hydrogen-bond acceptors (Lipinski definition) is 4. The molecule has 2 fully saturated rings. The number of aromatic hydroxyl groups is 1. The minimum absolute atomic E-state index is 0.0483. The number of hydrogen-bond donors (Lipinski definition) is 2. The number of rotatable bonds is 3. The maximum atomic E-state index is 13.8. The Kier molecular flexibility index (Phi) is 4.35. The van der Waals surface area contributed by atoms with Gasteiger partial charge in [0.1, 0.15) is 5.56 Å². The molecule has 3 atom stereocenters. The Balaban J connectivity index is 1.44. The number of piperidine rings is 1. The van der Waals surface area contributed by atoms with Crippen LogP contribution in [0, 0.1) is 23.4 Å². The predicted molar refractivity (Wildman–Crippen MR) is 101 cm³/mol. The molecule has 2 amide bonds. The molecular weight excluding hydrogens is 415 g/mol. The molecule has 31 heavy (non-hydrogen) atoms. The zero-order valence-electron chi connectivity index (χ0n) is 16.2. The van der Waals surface area contributed by atoms with E-state index in [0.717, 1.165) is 31.4 Å². The Labute approximate surface area is 174 Å². The third-order valence-corrected chi connectivity index (χ3v) is 6.62. The maximum Gasteiger partial charge on any atom is 0.275 e. The monoisotopic (exact) mass is 433 g/mol. The number of amides is 2. The molecule has 1 unspecified atom stereocenters. The fourth-order valence-corrected chi connectivity index (χ4v) is 5.12. The molecule has 2 aliphatic heterocycles. The summed E-state index contributed by atoms with van der Waals surface area (Å²) < 4.78 is 41.7. The zero-order valence-corrected chi connectivity index (χ0v) is 16.2. The predicted octanol–water partition coefficient (Wildman–Crippen LogP) is 1.91. The zero-order chi connectivity index (χ0) is 22.0. The molecule has 1 saturated heterocycles. The van der Waals surface area contributed by atoms with Crippen LogP contribution in [-0.2, 0) is 13.1 Å². The molecule has 1 aliphatic carbocycles. The van der Waals surface area contributed by atoms with Crippen molar-refractivity contribution in [3.05, 3.63) is 62.8 Å². The summed E-state index contributed by atoms with van der Waals surface area (Å²) in [4.78, 5) is 39.8. The number of nitrogens with zero attached hydrogens (tertiary/aromatic N) is 2. The third-order valence-electron chi connectivity index (χ3n) is 6.62. The first-order valence-electron chi connectivity index (χ1n) is 9.97. The van der Waals surface area contributed by atoms with Gasteiger partial charge >= 0.3 is 0 Å². The van der Waals surface area contributed by atoms with Gasteiger partial charge in [-0.1, -0.05) is 6.07 Å². The highest BCUT2D eigenvalue weighted by Gasteiger charge is 2.51. The van der Waals surface area contributed by atoms with E-state index < -0.39 is 52.6 Å². The lowest BCUT2D eigenvalue weighted by molar-refractivity contribution is 0.0482. The van der Waals surface area contributed by atoms with Gasteiger partial charge in [-0.2, -0.15) is 0 Å². The first-order valence-corrected chi connectivity index (χ1v) is 9.97. The molecular formula is C21H18F3N3O4. The number of aromatic nitrogens is 1. The summed E-state index contributed by atoms with van der Waals surface area (Å²) >= 11 is 0. The second-order valence-electron chi connectivity index (χ2n) is 8.25. The van der Waals surface area contributed by atoms with Crippen LogP contribution in [0.2, 0.25) is 0 Å². The molecule has 10 heteroatoms. The molecule has 7 nitrogen and oxygen atoms in total. The summed E-state index contributed by atoms with van der Waals surface area (Å²) in [5.41, 5.74) is -1.89. The SMILES string of the molecule is O=C(NCc1ccc(F)c(F)c1F)c1cn2c(c(O)c1=O)C(=O)N1C3CC[C@H](C3)[C@@H]1C2. The Morgan fingerprint density at radius 2 is 1.94 bits per heavy atom. The Morgan fingerprint density at radius 1 is 1.16 bits per heavy atom. The summed E-state index contributed by atoms with van der Waals surface area (Å²) in [5.74, 6) is -6.27. The van der Waals surface area contributed by atoms with Crippen LogP contribution in [0.4, 0.5) is 13.2 Å². The van der Waals surface area contributed by atoms with Crippen LogP contribution in [-0.4, -0.2) is 38.5 Å². The van der Waals surface area contributed by atoms with E-state index >= 15 is 0 Å². The van der Waals surface area contributed by atoms with Crippen LogP contribution >= 0.6 is 0 Å². The minimum atomic E-state index is -1.66. The highest BCUT2D eigenvalue weighted by molar-refractivity contribution is 5.99. The smallest absolute Gasteiger partial charge is 0.275 e. The summed E-state index contributed by atoms with van der Waals surface area (Å²) in [7, 11) is 0. The summed E-state index contributed by atoms with van der Waals surface area (Å²) in [6, 6.07) is 1.77. The van der Waals surface area contributed by atoms with Gasteiger partial charge in [-0.15, -0.1) is 0 Å². The Hall–Kier alpha value is -3.30. The molecule has 1 aromatic carbocycles. The van der Waals surface area contributed by atoms with Crippen LogP contribution in [0.3, 0.4) is 0 Å². The average Bonchev–Trinajstić information content (AvgIpc) is 3.36. The normalized spacial score (nSPS) is 23.6. The van der Waals surface area contributed by atoms with Gasteiger partial charge in [0.2, 0.25) is 5.43 Å². The van der Waals surface area contributed by atoms with Gasteiger partial charge in [-0.25, -0.2) is 13.2 Å². The number of benzene rings is 1. The first-order chi connectivity index (χ1) is 14.8. The van der Waals surface area contributed by atoms with Crippen molar-refractivity contribution in [3.63, 3.8) is 0 Å². The summed E-state index contributed by atoms with van der Waals surface area (Å²) in [6.07, 6.45) is 4.02. The van der Waals surface area contributed by atoms with Crippen molar-refractivity contribution in [2.45, 2.75) is 44.4 Å². The lowest BCUT2D eigenvalue weighted by atomic mass is 9.95. The van der Waals surface area contributed by atoms with Crippen LogP contribution < -0.4 is 10.7 Å². The van der Waals surface area contributed by atoms with Crippen molar-refractivity contribution in [2.75, 3.05) is 0 Å². The first kappa shape index (κ1) is 19.7. The molecule has 1 saturated carbocycles. The van der Waals surface area contributed by atoms with Crippen LogP contribution in [0.15, 0.2) is 23.1 Å². The van der Waals surface area contributed by atoms with Gasteiger partial charge in [-0.05, 0) is 31.2 Å². The van der Waals surface area contributed by atoms with E-state index in [9.17, 15) is 32.7 Å². The molecule has 2 N–H and O–H groups in total. The van der Waals surface area contributed by atoms with Crippen LogP contribution in [0.1, 0.15) is 45.7 Å². The van der Waals surface area contributed by atoms with Crippen molar-refractivity contribution in [1.82, 2.24) is 14.8 Å². The molecule has 3 heterocycles. The molecule has 162 valence electrons. The van der Waals surface area contributed by atoms with E-state index in [-0.39, 0.29) is 23.3 Å². The van der Waals surface area contributed by atoms with E-state index in [4.69, 9.17) is 0 Å². The quantitative estimate of drug-likeness (QED) is 0.724. The largest absolute Gasteiger partial charge is 0.503 e. The fourth-order valence-electron chi connectivity index (χ4n) is 5.12. The second kappa shape index (κ2) is 6.86. The molecule has 2 bridgehead atoms. The Bertz CT molecular complexity index is 1200.